The molecule has 0 aliphatic rings. The monoisotopic (exact) mass is 428 g/mol. The van der Waals surface area contributed by atoms with E-state index in [4.69, 9.17) is 9.47 Å². The number of aryl methyl sites for hydroxylation is 2. The van der Waals surface area contributed by atoms with E-state index in [1.807, 2.05) is 46.8 Å². The van der Waals surface area contributed by atoms with Gasteiger partial charge in [0.2, 0.25) is 0 Å². The minimum Gasteiger partial charge on any atom is -0.460 e. The number of nitrogens with zero attached hydrogens (tertiary/aromatic N) is 3. The van der Waals surface area contributed by atoms with Gasteiger partial charge >= 0.3 is 11.7 Å². The number of rotatable bonds is 7. The number of aromatic amines is 1. The van der Waals surface area contributed by atoms with Crippen LogP contribution in [0.25, 0.3) is 22.2 Å². The zero-order chi connectivity index (χ0) is 22.8. The molecule has 0 aliphatic carbocycles. The molecule has 1 N–H and O–H groups in total. The largest absolute Gasteiger partial charge is 0.460 e. The van der Waals surface area contributed by atoms with E-state index in [0.717, 1.165) is 15.7 Å². The maximum Gasteiger partial charge on any atom is 0.330 e. The van der Waals surface area contributed by atoms with Crippen LogP contribution in [0.15, 0.2) is 21.7 Å². The summed E-state index contributed by atoms with van der Waals surface area (Å²) in [6.07, 6.45) is 0.740. The Morgan fingerprint density at radius 3 is 2.35 bits per heavy atom. The third-order valence-corrected chi connectivity index (χ3v) is 4.75. The Morgan fingerprint density at radius 1 is 1.06 bits per heavy atom. The smallest absolute Gasteiger partial charge is 0.330 e. The van der Waals surface area contributed by atoms with Crippen molar-refractivity contribution in [3.8, 4) is 0 Å². The number of H-pyrrole nitrogens is 1. The predicted molar refractivity (Wildman–Crippen MR) is 117 cm³/mol. The average Bonchev–Trinajstić information content (AvgIpc) is 2.65. The number of carbonyl (C=O) groups is 1. The Hall–Kier alpha value is -3.07. The van der Waals surface area contributed by atoms with E-state index in [1.165, 1.54) is 0 Å². The summed E-state index contributed by atoms with van der Waals surface area (Å²) in [5, 5.41) is 0. The van der Waals surface area contributed by atoms with Gasteiger partial charge in [-0.25, -0.2) is 14.8 Å². The van der Waals surface area contributed by atoms with Crippen LogP contribution in [-0.4, -0.2) is 44.3 Å². The van der Waals surface area contributed by atoms with Gasteiger partial charge in [-0.05, 0) is 64.3 Å². The minimum absolute atomic E-state index is 0.0726. The summed E-state index contributed by atoms with van der Waals surface area (Å²) in [6.45, 7) is 9.93. The Morgan fingerprint density at radius 2 is 1.71 bits per heavy atom. The number of hydrogen-bond donors (Lipinski definition) is 1. The third kappa shape index (κ3) is 5.55. The van der Waals surface area contributed by atoms with Gasteiger partial charge < -0.3 is 9.47 Å². The third-order valence-electron chi connectivity index (χ3n) is 4.75. The van der Waals surface area contributed by atoms with Crippen LogP contribution in [-0.2, 0) is 20.8 Å². The standard InChI is InChI=1S/C22H28N4O5/c1-13-11-15-16(12-14(13)2)24-19-18(23-15)20(28)26(21(29)25-19)8-10-30-9-6-7-17(27)31-22(3,4)5/h11-12H,6-10H2,1-5H3,(H,24,25,29). The van der Waals surface area contributed by atoms with Crippen molar-refractivity contribution in [2.75, 3.05) is 13.2 Å². The molecule has 3 aromatic rings. The Bertz CT molecular complexity index is 1240. The maximum absolute atomic E-state index is 12.8. The first-order chi connectivity index (χ1) is 14.5. The van der Waals surface area contributed by atoms with Gasteiger partial charge in [0.15, 0.2) is 11.2 Å². The van der Waals surface area contributed by atoms with E-state index in [9.17, 15) is 14.4 Å². The molecule has 3 rings (SSSR count). The van der Waals surface area contributed by atoms with Crippen molar-refractivity contribution in [2.24, 2.45) is 0 Å². The van der Waals surface area contributed by atoms with Gasteiger partial charge in [0.05, 0.1) is 24.2 Å². The van der Waals surface area contributed by atoms with Crippen molar-refractivity contribution in [2.45, 2.75) is 59.6 Å². The van der Waals surface area contributed by atoms with Crippen LogP contribution < -0.4 is 11.2 Å². The average molecular weight is 428 g/mol. The highest BCUT2D eigenvalue weighted by molar-refractivity contribution is 5.84. The van der Waals surface area contributed by atoms with Crippen LogP contribution >= 0.6 is 0 Å². The number of carbonyl (C=O) groups excluding carboxylic acids is 1. The Balaban J connectivity index is 1.66. The number of hydrogen-bond acceptors (Lipinski definition) is 7. The van der Waals surface area contributed by atoms with Crippen molar-refractivity contribution in [1.82, 2.24) is 19.5 Å². The topological polar surface area (TPSA) is 116 Å². The Kier molecular flexibility index (Phi) is 6.54. The quantitative estimate of drug-likeness (QED) is 0.349. The van der Waals surface area contributed by atoms with Gasteiger partial charge in [0.1, 0.15) is 5.60 Å². The molecule has 0 aliphatic heterocycles. The second-order valence-electron chi connectivity index (χ2n) is 8.54. The molecule has 0 saturated carbocycles. The zero-order valence-electron chi connectivity index (χ0n) is 18.6. The summed E-state index contributed by atoms with van der Waals surface area (Å²) in [7, 11) is 0. The van der Waals surface area contributed by atoms with E-state index >= 15 is 0 Å². The molecule has 2 heterocycles. The van der Waals surface area contributed by atoms with Crippen molar-refractivity contribution < 1.29 is 14.3 Å². The number of ether oxygens (including phenoxy) is 2. The van der Waals surface area contributed by atoms with E-state index in [2.05, 4.69) is 15.0 Å². The highest BCUT2D eigenvalue weighted by Gasteiger charge is 2.16. The van der Waals surface area contributed by atoms with Crippen LogP contribution in [0.2, 0.25) is 0 Å². The zero-order valence-corrected chi connectivity index (χ0v) is 18.6. The highest BCUT2D eigenvalue weighted by atomic mass is 16.6. The lowest BCUT2D eigenvalue weighted by Crippen LogP contribution is -2.37. The lowest BCUT2D eigenvalue weighted by atomic mass is 10.1. The lowest BCUT2D eigenvalue weighted by molar-refractivity contribution is -0.155. The van der Waals surface area contributed by atoms with Crippen molar-refractivity contribution >= 4 is 28.2 Å². The summed E-state index contributed by atoms with van der Waals surface area (Å²) in [4.78, 5) is 48.3. The molecule has 1 aromatic carbocycles. The second-order valence-corrected chi connectivity index (χ2v) is 8.54. The molecule has 31 heavy (non-hydrogen) atoms. The van der Waals surface area contributed by atoms with Gasteiger partial charge in [-0.2, -0.15) is 0 Å². The fourth-order valence-corrected chi connectivity index (χ4v) is 3.11. The maximum atomic E-state index is 12.8. The first kappa shape index (κ1) is 22.6. The molecular weight excluding hydrogens is 400 g/mol. The molecule has 0 fully saturated rings. The van der Waals surface area contributed by atoms with Gasteiger partial charge in [-0.1, -0.05) is 0 Å². The summed E-state index contributed by atoms with van der Waals surface area (Å²) in [5.41, 5.74) is 2.02. The van der Waals surface area contributed by atoms with Gasteiger partial charge in [0, 0.05) is 13.0 Å². The van der Waals surface area contributed by atoms with Gasteiger partial charge in [-0.15, -0.1) is 0 Å². The fourth-order valence-electron chi connectivity index (χ4n) is 3.11. The van der Waals surface area contributed by atoms with Gasteiger partial charge in [-0.3, -0.25) is 19.1 Å². The molecule has 0 atom stereocenters. The van der Waals surface area contributed by atoms with Crippen LogP contribution in [0.3, 0.4) is 0 Å². The van der Waals surface area contributed by atoms with E-state index in [1.54, 1.807) is 0 Å². The van der Waals surface area contributed by atoms with Crippen molar-refractivity contribution in [3.05, 3.63) is 44.1 Å². The van der Waals surface area contributed by atoms with Crippen LogP contribution in [0, 0.1) is 13.8 Å². The number of benzene rings is 1. The molecule has 0 saturated heterocycles. The molecule has 2 aromatic heterocycles. The highest BCUT2D eigenvalue weighted by Crippen LogP contribution is 2.17. The Labute approximate surface area is 179 Å². The predicted octanol–water partition coefficient (Wildman–Crippen LogP) is 2.39. The SMILES string of the molecule is Cc1cc2nc3[nH]c(=O)n(CCOCCCC(=O)OC(C)(C)C)c(=O)c3nc2cc1C. The van der Waals surface area contributed by atoms with Crippen LogP contribution in [0.4, 0.5) is 0 Å². The first-order valence-electron chi connectivity index (χ1n) is 10.3. The molecule has 0 amide bonds. The lowest BCUT2D eigenvalue weighted by Gasteiger charge is -2.19. The molecule has 0 radical (unpaired) electrons. The molecule has 9 heteroatoms. The van der Waals surface area contributed by atoms with Crippen molar-refractivity contribution in [3.63, 3.8) is 0 Å². The van der Waals surface area contributed by atoms with E-state index in [0.29, 0.717) is 24.1 Å². The number of aromatic nitrogens is 4. The summed E-state index contributed by atoms with van der Waals surface area (Å²) in [6, 6.07) is 3.76. The summed E-state index contributed by atoms with van der Waals surface area (Å²) in [5.74, 6) is -0.283. The normalized spacial score (nSPS) is 11.9. The van der Waals surface area contributed by atoms with Crippen LogP contribution in [0.5, 0.6) is 0 Å². The number of nitrogens with one attached hydrogen (secondary N) is 1. The molecule has 9 nitrogen and oxygen atoms in total. The molecule has 0 unspecified atom stereocenters. The van der Waals surface area contributed by atoms with Crippen molar-refractivity contribution in [1.29, 1.82) is 0 Å². The first-order valence-corrected chi connectivity index (χ1v) is 10.3. The summed E-state index contributed by atoms with van der Waals surface area (Å²) >= 11 is 0. The van der Waals surface area contributed by atoms with Gasteiger partial charge in [0.25, 0.3) is 5.56 Å². The molecule has 0 bridgehead atoms. The molecule has 0 spiro atoms. The number of fused-ring (bicyclic) bond motifs is 2. The second kappa shape index (κ2) is 8.97. The molecular formula is C22H28N4O5. The van der Waals surface area contributed by atoms with E-state index < -0.39 is 16.9 Å². The number of esters is 1. The summed E-state index contributed by atoms with van der Waals surface area (Å²) < 4.78 is 11.8. The fraction of sp³-hybridized carbons (Fsp3) is 0.500. The van der Waals surface area contributed by atoms with E-state index in [-0.39, 0.29) is 36.7 Å². The minimum atomic E-state index is -0.563. The molecule has 166 valence electrons. The van der Waals surface area contributed by atoms with Crippen LogP contribution in [0.1, 0.15) is 44.7 Å².